The Morgan fingerprint density at radius 1 is 1.41 bits per heavy atom. The van der Waals surface area contributed by atoms with Crippen molar-refractivity contribution in [1.29, 1.82) is 0 Å². The van der Waals surface area contributed by atoms with Gasteiger partial charge in [0.15, 0.2) is 0 Å². The van der Waals surface area contributed by atoms with Gasteiger partial charge in [-0.25, -0.2) is 4.98 Å². The number of aromatic nitrogens is 1. The van der Waals surface area contributed by atoms with Crippen molar-refractivity contribution >= 4 is 5.82 Å². The fraction of sp³-hybridized carbons (Fsp3) is 0.643. The van der Waals surface area contributed by atoms with Gasteiger partial charge in [-0.15, -0.1) is 0 Å². The van der Waals surface area contributed by atoms with Crippen molar-refractivity contribution < 1.29 is 0 Å². The maximum Gasteiger partial charge on any atom is 0.130 e. The zero-order chi connectivity index (χ0) is 12.1. The van der Waals surface area contributed by atoms with Crippen LogP contribution < -0.4 is 5.32 Å². The van der Waals surface area contributed by atoms with Crippen molar-refractivity contribution in [2.24, 2.45) is 0 Å². The second-order valence-electron chi connectivity index (χ2n) is 4.73. The third-order valence-electron chi connectivity index (χ3n) is 3.28. The van der Waals surface area contributed by atoms with Crippen LogP contribution in [0.4, 0.5) is 5.82 Å². The monoisotopic (exact) mass is 233 g/mol. The van der Waals surface area contributed by atoms with Gasteiger partial charge in [-0.2, -0.15) is 0 Å². The van der Waals surface area contributed by atoms with E-state index >= 15 is 0 Å². The molecule has 0 aliphatic heterocycles. The van der Waals surface area contributed by atoms with E-state index in [-0.39, 0.29) is 0 Å². The topological polar surface area (TPSA) is 28.2 Å². The van der Waals surface area contributed by atoms with Crippen molar-refractivity contribution in [1.82, 2.24) is 9.88 Å². The molecule has 0 unspecified atom stereocenters. The van der Waals surface area contributed by atoms with E-state index in [1.165, 1.54) is 18.4 Å². The van der Waals surface area contributed by atoms with Gasteiger partial charge >= 0.3 is 0 Å². The fourth-order valence-corrected chi connectivity index (χ4v) is 2.13. The van der Waals surface area contributed by atoms with Crippen LogP contribution in [0.1, 0.15) is 38.7 Å². The smallest absolute Gasteiger partial charge is 0.130 e. The summed E-state index contributed by atoms with van der Waals surface area (Å²) in [6.45, 7) is 7.58. The fourth-order valence-electron chi connectivity index (χ4n) is 2.13. The van der Waals surface area contributed by atoms with E-state index in [4.69, 9.17) is 0 Å². The predicted molar refractivity (Wildman–Crippen MR) is 72.1 cm³/mol. The second kappa shape index (κ2) is 6.01. The molecular weight excluding hydrogens is 210 g/mol. The molecule has 3 nitrogen and oxygen atoms in total. The first-order chi connectivity index (χ1) is 8.35. The Bertz CT molecular complexity index is 347. The molecule has 0 radical (unpaired) electrons. The number of anilines is 1. The molecule has 1 fully saturated rings. The van der Waals surface area contributed by atoms with E-state index in [1.807, 2.05) is 12.3 Å². The lowest BCUT2D eigenvalue weighted by Gasteiger charge is -2.21. The summed E-state index contributed by atoms with van der Waals surface area (Å²) in [4.78, 5) is 7.00. The molecule has 0 amide bonds. The molecule has 0 aromatic carbocycles. The average molecular weight is 233 g/mol. The second-order valence-corrected chi connectivity index (χ2v) is 4.73. The highest BCUT2D eigenvalue weighted by Crippen LogP contribution is 2.28. The number of hydrogen-bond donors (Lipinski definition) is 1. The first-order valence-corrected chi connectivity index (χ1v) is 6.77. The molecule has 1 aliphatic carbocycles. The van der Waals surface area contributed by atoms with Crippen LogP contribution in [0.25, 0.3) is 0 Å². The van der Waals surface area contributed by atoms with Crippen LogP contribution in [0.2, 0.25) is 0 Å². The molecule has 0 bridgehead atoms. The van der Waals surface area contributed by atoms with Crippen LogP contribution in [-0.2, 0) is 6.54 Å². The highest BCUT2D eigenvalue weighted by molar-refractivity contribution is 5.43. The summed E-state index contributed by atoms with van der Waals surface area (Å²) in [6, 6.07) is 5.04. The highest BCUT2D eigenvalue weighted by Gasteiger charge is 2.28. The zero-order valence-electron chi connectivity index (χ0n) is 10.9. The molecule has 1 aromatic rings. The molecule has 1 aliphatic rings. The number of rotatable bonds is 7. The molecule has 17 heavy (non-hydrogen) atoms. The van der Waals surface area contributed by atoms with Crippen LogP contribution in [0.15, 0.2) is 18.3 Å². The lowest BCUT2D eigenvalue weighted by atomic mass is 10.2. The van der Waals surface area contributed by atoms with Crippen molar-refractivity contribution in [3.05, 3.63) is 23.9 Å². The molecule has 0 saturated heterocycles. The molecular formula is C14H23N3. The Labute approximate surface area is 104 Å². The molecule has 1 saturated carbocycles. The van der Waals surface area contributed by atoms with Crippen molar-refractivity contribution in [2.45, 2.75) is 45.7 Å². The predicted octanol–water partition coefficient (Wildman–Crippen LogP) is 2.89. The van der Waals surface area contributed by atoms with Gasteiger partial charge in [-0.05, 0) is 31.9 Å². The minimum atomic E-state index is 0.819. The number of nitrogens with zero attached hydrogens (tertiary/aromatic N) is 2. The first kappa shape index (κ1) is 12.4. The Kier molecular flexibility index (Phi) is 4.37. The summed E-state index contributed by atoms with van der Waals surface area (Å²) < 4.78 is 0. The third-order valence-corrected chi connectivity index (χ3v) is 3.28. The molecule has 1 aromatic heterocycles. The minimum Gasteiger partial charge on any atom is -0.370 e. The Balaban J connectivity index is 2.02. The molecule has 94 valence electrons. The van der Waals surface area contributed by atoms with Crippen LogP contribution in [-0.4, -0.2) is 29.0 Å². The van der Waals surface area contributed by atoms with Crippen LogP contribution in [0, 0.1) is 0 Å². The standard InChI is InChI=1S/C14H23N3/c1-3-9-15-14-12(6-5-10-16-14)11-17(4-2)13-7-8-13/h5-6,10,13H,3-4,7-9,11H2,1-2H3,(H,15,16). The van der Waals surface area contributed by atoms with Crippen molar-refractivity contribution in [3.63, 3.8) is 0 Å². The van der Waals surface area contributed by atoms with Gasteiger partial charge in [0, 0.05) is 30.9 Å². The van der Waals surface area contributed by atoms with Crippen molar-refractivity contribution in [3.8, 4) is 0 Å². The van der Waals surface area contributed by atoms with Gasteiger partial charge < -0.3 is 5.32 Å². The van der Waals surface area contributed by atoms with E-state index in [9.17, 15) is 0 Å². The number of hydrogen-bond acceptors (Lipinski definition) is 3. The molecule has 1 N–H and O–H groups in total. The average Bonchev–Trinajstić information content (AvgIpc) is 3.19. The molecule has 1 heterocycles. The third kappa shape index (κ3) is 3.43. The van der Waals surface area contributed by atoms with Crippen molar-refractivity contribution in [2.75, 3.05) is 18.4 Å². The molecule has 2 rings (SSSR count). The summed E-state index contributed by atoms with van der Waals surface area (Å²) in [5.74, 6) is 1.06. The largest absolute Gasteiger partial charge is 0.370 e. The summed E-state index contributed by atoms with van der Waals surface area (Å²) in [7, 11) is 0. The van der Waals surface area contributed by atoms with Gasteiger partial charge in [-0.3, -0.25) is 4.90 Å². The van der Waals surface area contributed by atoms with Gasteiger partial charge in [-0.1, -0.05) is 19.9 Å². The summed E-state index contributed by atoms with van der Waals surface area (Å²) in [6.07, 6.45) is 5.74. The maximum atomic E-state index is 4.45. The van der Waals surface area contributed by atoms with Crippen LogP contribution in [0.5, 0.6) is 0 Å². The molecule has 3 heteroatoms. The molecule has 0 spiro atoms. The highest BCUT2D eigenvalue weighted by atomic mass is 15.2. The summed E-state index contributed by atoms with van der Waals surface area (Å²) in [5.41, 5.74) is 1.33. The normalized spacial score (nSPS) is 15.2. The summed E-state index contributed by atoms with van der Waals surface area (Å²) in [5, 5.41) is 3.41. The first-order valence-electron chi connectivity index (χ1n) is 6.77. The maximum absolute atomic E-state index is 4.45. The Hall–Kier alpha value is -1.09. The van der Waals surface area contributed by atoms with Gasteiger partial charge in [0.25, 0.3) is 0 Å². The quantitative estimate of drug-likeness (QED) is 0.785. The summed E-state index contributed by atoms with van der Waals surface area (Å²) >= 11 is 0. The molecule has 0 atom stereocenters. The SMILES string of the molecule is CCCNc1ncccc1CN(CC)C1CC1. The van der Waals surface area contributed by atoms with E-state index < -0.39 is 0 Å². The van der Waals surface area contributed by atoms with Gasteiger partial charge in [0.05, 0.1) is 0 Å². The van der Waals surface area contributed by atoms with E-state index in [1.54, 1.807) is 0 Å². The van der Waals surface area contributed by atoms with Gasteiger partial charge in [0.2, 0.25) is 0 Å². The van der Waals surface area contributed by atoms with E-state index in [0.717, 1.165) is 37.9 Å². The minimum absolute atomic E-state index is 0.819. The lowest BCUT2D eigenvalue weighted by Crippen LogP contribution is -2.25. The Morgan fingerprint density at radius 3 is 2.88 bits per heavy atom. The van der Waals surface area contributed by atoms with Crippen LogP contribution in [0.3, 0.4) is 0 Å². The number of nitrogens with one attached hydrogen (secondary N) is 1. The van der Waals surface area contributed by atoms with Gasteiger partial charge in [0.1, 0.15) is 5.82 Å². The van der Waals surface area contributed by atoms with E-state index in [2.05, 4.69) is 35.1 Å². The zero-order valence-corrected chi connectivity index (χ0v) is 10.9. The number of pyridine rings is 1. The Morgan fingerprint density at radius 2 is 2.24 bits per heavy atom. The van der Waals surface area contributed by atoms with E-state index in [0.29, 0.717) is 0 Å². The lowest BCUT2D eigenvalue weighted by molar-refractivity contribution is 0.269. The van der Waals surface area contributed by atoms with Crippen LogP contribution >= 0.6 is 0 Å².